The van der Waals surface area contributed by atoms with Gasteiger partial charge in [-0.15, -0.1) is 0 Å². The second-order valence-electron chi connectivity index (χ2n) is 7.14. The summed E-state index contributed by atoms with van der Waals surface area (Å²) in [7, 11) is 0. The van der Waals surface area contributed by atoms with Crippen LogP contribution in [0.25, 0.3) is 0 Å². The molecule has 1 heterocycles. The number of rotatable bonds is 7. The zero-order chi connectivity index (χ0) is 19.2. The molecule has 1 saturated heterocycles. The first kappa shape index (κ1) is 19.4. The van der Waals surface area contributed by atoms with Crippen LogP contribution in [0.15, 0.2) is 48.5 Å². The highest BCUT2D eigenvalue weighted by Gasteiger charge is 2.26. The molecule has 0 atom stereocenters. The molecule has 142 valence electrons. The topological polar surface area (TPSA) is 37.4 Å². The number of piperidine rings is 1. The fourth-order valence-corrected chi connectivity index (χ4v) is 3.53. The van der Waals surface area contributed by atoms with Crippen molar-refractivity contribution in [2.24, 2.45) is 5.92 Å². The predicted molar refractivity (Wildman–Crippen MR) is 99.1 cm³/mol. The lowest BCUT2D eigenvalue weighted by molar-refractivity contribution is -0.130. The van der Waals surface area contributed by atoms with Crippen LogP contribution in [0.1, 0.15) is 30.4 Å². The number of carbonyl (C=O) groups excluding carboxylic acids is 2. The van der Waals surface area contributed by atoms with Crippen molar-refractivity contribution >= 4 is 11.6 Å². The van der Waals surface area contributed by atoms with Crippen LogP contribution < -0.4 is 0 Å². The molecule has 0 aliphatic carbocycles. The van der Waals surface area contributed by atoms with Crippen LogP contribution in [0.4, 0.5) is 8.78 Å². The molecule has 0 unspecified atom stereocenters. The summed E-state index contributed by atoms with van der Waals surface area (Å²) in [5, 5.41) is 0. The Bertz CT molecular complexity index is 799. The Morgan fingerprint density at radius 1 is 0.926 bits per heavy atom. The third-order valence-electron chi connectivity index (χ3n) is 5.05. The molecular formula is C22H23F2NO2. The van der Waals surface area contributed by atoms with Crippen LogP contribution in [0.2, 0.25) is 0 Å². The van der Waals surface area contributed by atoms with Gasteiger partial charge >= 0.3 is 0 Å². The molecule has 0 N–H and O–H groups in total. The quantitative estimate of drug-likeness (QED) is 0.692. The molecule has 0 spiro atoms. The van der Waals surface area contributed by atoms with Gasteiger partial charge in [-0.05, 0) is 49.2 Å². The van der Waals surface area contributed by atoms with E-state index in [1.165, 1.54) is 11.6 Å². The molecule has 0 radical (unpaired) electrons. The van der Waals surface area contributed by atoms with E-state index >= 15 is 0 Å². The molecule has 27 heavy (non-hydrogen) atoms. The molecular weight excluding hydrogens is 348 g/mol. The minimum atomic E-state index is -0.975. The van der Waals surface area contributed by atoms with Crippen molar-refractivity contribution in [2.75, 3.05) is 13.1 Å². The zero-order valence-electron chi connectivity index (χ0n) is 15.2. The smallest absolute Gasteiger partial charge is 0.159 e. The fraction of sp³-hybridized carbons (Fsp3) is 0.364. The highest BCUT2D eigenvalue weighted by Crippen LogP contribution is 2.21. The molecule has 0 bridgehead atoms. The van der Waals surface area contributed by atoms with E-state index in [0.717, 1.165) is 44.6 Å². The van der Waals surface area contributed by atoms with Crippen molar-refractivity contribution in [3.63, 3.8) is 0 Å². The van der Waals surface area contributed by atoms with Gasteiger partial charge in [0.05, 0.1) is 6.42 Å². The third kappa shape index (κ3) is 5.54. The number of carbonyl (C=O) groups is 2. The number of nitrogens with zero attached hydrogens (tertiary/aromatic N) is 1. The molecule has 2 aromatic rings. The van der Waals surface area contributed by atoms with Crippen molar-refractivity contribution < 1.29 is 18.4 Å². The number of Topliss-reactive ketones (excluding diaryl/α,β-unsaturated/α-hetero) is 2. The second-order valence-corrected chi connectivity index (χ2v) is 7.14. The van der Waals surface area contributed by atoms with E-state index < -0.39 is 11.6 Å². The van der Waals surface area contributed by atoms with Crippen LogP contribution >= 0.6 is 0 Å². The maximum atomic E-state index is 13.2. The van der Waals surface area contributed by atoms with Gasteiger partial charge in [-0.2, -0.15) is 0 Å². The van der Waals surface area contributed by atoms with Gasteiger partial charge in [0.1, 0.15) is 11.6 Å². The molecule has 0 saturated carbocycles. The molecule has 3 nitrogen and oxygen atoms in total. The summed E-state index contributed by atoms with van der Waals surface area (Å²) in [6.07, 6.45) is 1.33. The van der Waals surface area contributed by atoms with Crippen molar-refractivity contribution in [1.82, 2.24) is 4.90 Å². The van der Waals surface area contributed by atoms with E-state index in [4.69, 9.17) is 0 Å². The number of hydrogen-bond acceptors (Lipinski definition) is 3. The third-order valence-corrected chi connectivity index (χ3v) is 5.05. The second kappa shape index (κ2) is 9.00. The maximum Gasteiger partial charge on any atom is 0.159 e. The first-order valence-electron chi connectivity index (χ1n) is 9.26. The maximum absolute atomic E-state index is 13.2. The summed E-state index contributed by atoms with van der Waals surface area (Å²) in [4.78, 5) is 26.9. The molecule has 1 fully saturated rings. The van der Waals surface area contributed by atoms with Gasteiger partial charge < -0.3 is 0 Å². The van der Waals surface area contributed by atoms with Crippen LogP contribution in [-0.4, -0.2) is 29.6 Å². The summed E-state index contributed by atoms with van der Waals surface area (Å²) in [6.45, 7) is 2.54. The van der Waals surface area contributed by atoms with E-state index in [-0.39, 0.29) is 30.3 Å². The first-order valence-corrected chi connectivity index (χ1v) is 9.26. The molecule has 5 heteroatoms. The average Bonchev–Trinajstić information content (AvgIpc) is 2.66. The Labute approximate surface area is 158 Å². The lowest BCUT2D eigenvalue weighted by Crippen LogP contribution is -2.36. The summed E-state index contributed by atoms with van der Waals surface area (Å²) < 4.78 is 26.2. The summed E-state index contributed by atoms with van der Waals surface area (Å²) in [6, 6.07) is 13.6. The van der Waals surface area contributed by atoms with E-state index in [2.05, 4.69) is 17.0 Å². The van der Waals surface area contributed by atoms with Crippen molar-refractivity contribution in [2.45, 2.75) is 32.2 Å². The Morgan fingerprint density at radius 2 is 1.63 bits per heavy atom. The van der Waals surface area contributed by atoms with Gasteiger partial charge in [-0.1, -0.05) is 36.4 Å². The van der Waals surface area contributed by atoms with E-state index in [9.17, 15) is 18.4 Å². The number of halogens is 2. The summed E-state index contributed by atoms with van der Waals surface area (Å²) >= 11 is 0. The monoisotopic (exact) mass is 371 g/mol. The summed E-state index contributed by atoms with van der Waals surface area (Å²) in [5.74, 6) is -2.30. The molecule has 0 aromatic heterocycles. The standard InChI is InChI=1S/C22H23F2NO2/c23-20-7-6-17(13-21(20)24)12-19(26)14-22(27)18-8-10-25(11-9-18)15-16-4-2-1-3-5-16/h1-7,13,18H,8-12,14-15H2. The largest absolute Gasteiger partial charge is 0.299 e. The van der Waals surface area contributed by atoms with Crippen molar-refractivity contribution in [3.05, 3.63) is 71.3 Å². The van der Waals surface area contributed by atoms with E-state index in [0.29, 0.717) is 5.56 Å². The number of likely N-dealkylation sites (tertiary alicyclic amines) is 1. The normalized spacial score (nSPS) is 15.6. The average molecular weight is 371 g/mol. The van der Waals surface area contributed by atoms with E-state index in [1.807, 2.05) is 18.2 Å². The zero-order valence-corrected chi connectivity index (χ0v) is 15.2. The summed E-state index contributed by atoms with van der Waals surface area (Å²) in [5.41, 5.74) is 1.65. The van der Waals surface area contributed by atoms with Gasteiger partial charge in [0.2, 0.25) is 0 Å². The van der Waals surface area contributed by atoms with Crippen LogP contribution in [0, 0.1) is 17.6 Å². The minimum absolute atomic E-state index is 0.0399. The Kier molecular flexibility index (Phi) is 6.45. The first-order chi connectivity index (χ1) is 13.0. The Balaban J connectivity index is 1.44. The minimum Gasteiger partial charge on any atom is -0.299 e. The highest BCUT2D eigenvalue weighted by molar-refractivity contribution is 6.00. The van der Waals surface area contributed by atoms with Gasteiger partial charge in [-0.25, -0.2) is 8.78 Å². The SMILES string of the molecule is O=C(CC(=O)C1CCN(Cc2ccccc2)CC1)Cc1ccc(F)c(F)c1. The molecule has 1 aliphatic heterocycles. The molecule has 0 amide bonds. The van der Waals surface area contributed by atoms with Crippen LogP contribution in [0.5, 0.6) is 0 Å². The van der Waals surface area contributed by atoms with Gasteiger partial charge in [0.15, 0.2) is 11.6 Å². The predicted octanol–water partition coefficient (Wildman–Crippen LogP) is 3.95. The fourth-order valence-electron chi connectivity index (χ4n) is 3.53. The lowest BCUT2D eigenvalue weighted by atomic mass is 9.89. The van der Waals surface area contributed by atoms with Crippen LogP contribution in [0.3, 0.4) is 0 Å². The number of hydrogen-bond donors (Lipinski definition) is 0. The Morgan fingerprint density at radius 3 is 2.30 bits per heavy atom. The van der Waals surface area contributed by atoms with Gasteiger partial charge in [-0.3, -0.25) is 14.5 Å². The number of ketones is 2. The van der Waals surface area contributed by atoms with Gasteiger partial charge in [0.25, 0.3) is 0 Å². The molecule has 3 rings (SSSR count). The van der Waals surface area contributed by atoms with Crippen molar-refractivity contribution in [3.8, 4) is 0 Å². The Hall–Kier alpha value is -2.40. The van der Waals surface area contributed by atoms with Gasteiger partial charge in [0, 0.05) is 18.9 Å². The van der Waals surface area contributed by atoms with E-state index in [1.54, 1.807) is 0 Å². The number of benzene rings is 2. The molecule has 2 aromatic carbocycles. The van der Waals surface area contributed by atoms with Crippen LogP contribution in [-0.2, 0) is 22.6 Å². The molecule has 1 aliphatic rings. The van der Waals surface area contributed by atoms with Crippen molar-refractivity contribution in [1.29, 1.82) is 0 Å². The highest BCUT2D eigenvalue weighted by atomic mass is 19.2. The lowest BCUT2D eigenvalue weighted by Gasteiger charge is -2.31.